The summed E-state index contributed by atoms with van der Waals surface area (Å²) in [7, 11) is 0. The highest BCUT2D eigenvalue weighted by Crippen LogP contribution is 2.39. The summed E-state index contributed by atoms with van der Waals surface area (Å²) in [6.45, 7) is 4.41. The van der Waals surface area contributed by atoms with Crippen molar-refractivity contribution in [3.63, 3.8) is 0 Å². The van der Waals surface area contributed by atoms with Gasteiger partial charge in [0.2, 0.25) is 5.91 Å². The first-order chi connectivity index (χ1) is 11.1. The van der Waals surface area contributed by atoms with E-state index in [2.05, 4.69) is 49.3 Å². The van der Waals surface area contributed by atoms with Gasteiger partial charge in [0.15, 0.2) is 0 Å². The summed E-state index contributed by atoms with van der Waals surface area (Å²) >= 11 is 3.85. The van der Waals surface area contributed by atoms with Crippen LogP contribution >= 0.6 is 23.5 Å². The molecule has 126 valence electrons. The Bertz CT molecular complexity index is 529. The number of rotatable bonds is 5. The van der Waals surface area contributed by atoms with Crippen LogP contribution < -0.4 is 0 Å². The third-order valence-corrected chi connectivity index (χ3v) is 7.03. The molecule has 1 unspecified atom stereocenters. The summed E-state index contributed by atoms with van der Waals surface area (Å²) in [5.74, 6) is 0.335. The Balaban J connectivity index is 1.61. The molecular formula is C19H27NOS2. The maximum atomic E-state index is 12.8. The molecule has 23 heavy (non-hydrogen) atoms. The second kappa shape index (κ2) is 7.52. The van der Waals surface area contributed by atoms with Gasteiger partial charge in [-0.3, -0.25) is 4.79 Å². The van der Waals surface area contributed by atoms with Crippen molar-refractivity contribution in [2.24, 2.45) is 0 Å². The Labute approximate surface area is 148 Å². The van der Waals surface area contributed by atoms with Gasteiger partial charge in [0, 0.05) is 27.5 Å². The van der Waals surface area contributed by atoms with E-state index < -0.39 is 0 Å². The van der Waals surface area contributed by atoms with Gasteiger partial charge in [0.25, 0.3) is 0 Å². The molecule has 2 aliphatic rings. The molecule has 2 bridgehead atoms. The zero-order valence-corrected chi connectivity index (χ0v) is 16.0. The minimum Gasteiger partial charge on any atom is -0.336 e. The maximum Gasteiger partial charge on any atom is 0.227 e. The van der Waals surface area contributed by atoms with E-state index in [0.717, 1.165) is 10.8 Å². The summed E-state index contributed by atoms with van der Waals surface area (Å²) in [4.78, 5) is 16.3. The lowest BCUT2D eigenvalue weighted by Crippen LogP contribution is -2.47. The lowest BCUT2D eigenvalue weighted by Gasteiger charge is -2.38. The number of hydrogen-bond donors (Lipinski definition) is 0. The fraction of sp³-hybridized carbons (Fsp3) is 0.632. The third-order valence-electron chi connectivity index (χ3n) is 4.96. The first-order valence-electron chi connectivity index (χ1n) is 8.66. The topological polar surface area (TPSA) is 20.3 Å². The van der Waals surface area contributed by atoms with E-state index in [1.165, 1.54) is 30.6 Å². The van der Waals surface area contributed by atoms with E-state index in [-0.39, 0.29) is 0 Å². The van der Waals surface area contributed by atoms with Crippen LogP contribution in [0, 0.1) is 0 Å². The molecule has 1 amide bonds. The van der Waals surface area contributed by atoms with Crippen LogP contribution in [-0.2, 0) is 11.2 Å². The fourth-order valence-corrected chi connectivity index (χ4v) is 5.62. The molecule has 0 N–H and O–H groups in total. The van der Waals surface area contributed by atoms with Gasteiger partial charge in [-0.2, -0.15) is 11.8 Å². The van der Waals surface area contributed by atoms with Crippen LogP contribution in [0.25, 0.3) is 0 Å². The SMILES string of the molecule is CSC1C[C@H]2CC[C@@H](C1)N2C(=O)Cc1ccc(SC(C)C)cc1. The van der Waals surface area contributed by atoms with E-state index in [9.17, 15) is 4.79 Å². The van der Waals surface area contributed by atoms with Gasteiger partial charge in [-0.25, -0.2) is 0 Å². The van der Waals surface area contributed by atoms with Crippen LogP contribution in [0.15, 0.2) is 29.2 Å². The fourth-order valence-electron chi connectivity index (χ4n) is 3.95. The van der Waals surface area contributed by atoms with E-state index in [1.807, 2.05) is 23.5 Å². The molecule has 3 rings (SSSR count). The molecule has 0 saturated carbocycles. The van der Waals surface area contributed by atoms with Crippen molar-refractivity contribution in [1.82, 2.24) is 4.90 Å². The predicted octanol–water partition coefficient (Wildman–Crippen LogP) is 4.61. The highest BCUT2D eigenvalue weighted by Gasteiger charge is 2.42. The Kier molecular flexibility index (Phi) is 5.63. The zero-order chi connectivity index (χ0) is 16.4. The first kappa shape index (κ1) is 17.2. The number of hydrogen-bond acceptors (Lipinski definition) is 3. The van der Waals surface area contributed by atoms with E-state index in [1.54, 1.807) is 0 Å². The molecule has 1 aromatic rings. The molecule has 2 nitrogen and oxygen atoms in total. The number of amides is 1. The van der Waals surface area contributed by atoms with Crippen molar-refractivity contribution >= 4 is 29.4 Å². The smallest absolute Gasteiger partial charge is 0.227 e. The van der Waals surface area contributed by atoms with Crippen LogP contribution in [0.1, 0.15) is 45.1 Å². The van der Waals surface area contributed by atoms with E-state index in [4.69, 9.17) is 0 Å². The Morgan fingerprint density at radius 2 is 1.78 bits per heavy atom. The average Bonchev–Trinajstić information content (AvgIpc) is 2.79. The highest BCUT2D eigenvalue weighted by molar-refractivity contribution is 8.00. The molecule has 0 aliphatic carbocycles. The summed E-state index contributed by atoms with van der Waals surface area (Å²) < 4.78 is 0. The summed E-state index contributed by atoms with van der Waals surface area (Å²) in [6, 6.07) is 9.55. The van der Waals surface area contributed by atoms with Crippen molar-refractivity contribution < 1.29 is 4.79 Å². The number of carbonyl (C=O) groups is 1. The monoisotopic (exact) mass is 349 g/mol. The van der Waals surface area contributed by atoms with Gasteiger partial charge in [0.1, 0.15) is 0 Å². The quantitative estimate of drug-likeness (QED) is 0.724. The van der Waals surface area contributed by atoms with Crippen molar-refractivity contribution in [2.75, 3.05) is 6.26 Å². The molecule has 0 spiro atoms. The van der Waals surface area contributed by atoms with Gasteiger partial charge in [-0.1, -0.05) is 26.0 Å². The highest BCUT2D eigenvalue weighted by atomic mass is 32.2. The van der Waals surface area contributed by atoms with Gasteiger partial charge in [0.05, 0.1) is 6.42 Å². The second-order valence-electron chi connectivity index (χ2n) is 7.00. The first-order valence-corrected chi connectivity index (χ1v) is 10.8. The molecule has 1 aromatic carbocycles. The summed E-state index contributed by atoms with van der Waals surface area (Å²) in [6.07, 6.45) is 7.55. The lowest BCUT2D eigenvalue weighted by atomic mass is 10.0. The van der Waals surface area contributed by atoms with Crippen molar-refractivity contribution in [2.45, 2.75) is 73.4 Å². The second-order valence-corrected chi connectivity index (χ2v) is 9.79. The van der Waals surface area contributed by atoms with Crippen molar-refractivity contribution in [1.29, 1.82) is 0 Å². The molecule has 2 heterocycles. The molecule has 0 aromatic heterocycles. The number of thioether (sulfide) groups is 2. The predicted molar refractivity (Wildman–Crippen MR) is 101 cm³/mol. The Morgan fingerprint density at radius 3 is 2.30 bits per heavy atom. The summed E-state index contributed by atoms with van der Waals surface area (Å²) in [5, 5.41) is 1.35. The van der Waals surface area contributed by atoms with Crippen molar-refractivity contribution in [3.8, 4) is 0 Å². The van der Waals surface area contributed by atoms with Crippen LogP contribution in [-0.4, -0.2) is 39.6 Å². The summed E-state index contributed by atoms with van der Waals surface area (Å²) in [5.41, 5.74) is 1.15. The van der Waals surface area contributed by atoms with Crippen LogP contribution in [0.2, 0.25) is 0 Å². The van der Waals surface area contributed by atoms with Gasteiger partial charge in [-0.05, 0) is 49.6 Å². The Hall–Kier alpha value is -0.610. The average molecular weight is 350 g/mol. The number of nitrogens with zero attached hydrogens (tertiary/aromatic N) is 1. The normalized spacial score (nSPS) is 26.8. The van der Waals surface area contributed by atoms with Crippen LogP contribution in [0.5, 0.6) is 0 Å². The van der Waals surface area contributed by atoms with Gasteiger partial charge < -0.3 is 4.90 Å². The Morgan fingerprint density at radius 1 is 1.17 bits per heavy atom. The molecule has 2 aliphatic heterocycles. The van der Waals surface area contributed by atoms with Gasteiger partial charge in [-0.15, -0.1) is 11.8 Å². The maximum absolute atomic E-state index is 12.8. The van der Waals surface area contributed by atoms with E-state index in [0.29, 0.717) is 29.7 Å². The minimum atomic E-state index is 0.335. The number of benzene rings is 1. The van der Waals surface area contributed by atoms with E-state index >= 15 is 0 Å². The van der Waals surface area contributed by atoms with Gasteiger partial charge >= 0.3 is 0 Å². The lowest BCUT2D eigenvalue weighted by molar-refractivity contribution is -0.134. The largest absolute Gasteiger partial charge is 0.336 e. The van der Waals surface area contributed by atoms with Crippen LogP contribution in [0.3, 0.4) is 0 Å². The standard InChI is InChI=1S/C19H27NOS2/c1-13(2)23-17-8-4-14(5-9-17)10-19(21)20-15-6-7-16(20)12-18(11-15)22-3/h4-5,8-9,13,15-16,18H,6-7,10-12H2,1-3H3/t15-,16+,18?. The minimum absolute atomic E-state index is 0.335. The number of fused-ring (bicyclic) bond motifs is 2. The molecule has 2 fully saturated rings. The number of piperidine rings is 1. The zero-order valence-electron chi connectivity index (χ0n) is 14.3. The molecule has 0 radical (unpaired) electrons. The van der Waals surface area contributed by atoms with Crippen molar-refractivity contribution in [3.05, 3.63) is 29.8 Å². The third kappa shape index (κ3) is 4.08. The number of carbonyl (C=O) groups excluding carboxylic acids is 1. The van der Waals surface area contributed by atoms with Crippen LogP contribution in [0.4, 0.5) is 0 Å². The molecule has 2 saturated heterocycles. The molecule has 4 heteroatoms. The molecule has 3 atom stereocenters. The molecular weight excluding hydrogens is 322 g/mol.